The van der Waals surface area contributed by atoms with Crippen molar-refractivity contribution in [2.24, 2.45) is 12.8 Å². The molecule has 0 aliphatic carbocycles. The summed E-state index contributed by atoms with van der Waals surface area (Å²) in [6.45, 7) is 2.88. The quantitative estimate of drug-likeness (QED) is 0.850. The van der Waals surface area contributed by atoms with Crippen LogP contribution in [0.2, 0.25) is 0 Å². The predicted octanol–water partition coefficient (Wildman–Crippen LogP) is 1.46. The third-order valence-corrected chi connectivity index (χ3v) is 2.93. The van der Waals surface area contributed by atoms with Crippen LogP contribution >= 0.6 is 0 Å². The van der Waals surface area contributed by atoms with E-state index in [0.717, 1.165) is 25.2 Å². The molecule has 5 heteroatoms. The van der Waals surface area contributed by atoms with E-state index in [-0.39, 0.29) is 6.04 Å². The summed E-state index contributed by atoms with van der Waals surface area (Å²) in [6.07, 6.45) is 7.97. The van der Waals surface area contributed by atoms with Gasteiger partial charge in [0.05, 0.1) is 6.54 Å². The first-order chi connectivity index (χ1) is 8.20. The molecule has 2 aromatic heterocycles. The molecule has 1 atom stereocenters. The maximum Gasteiger partial charge on any atom is 0.152 e. The summed E-state index contributed by atoms with van der Waals surface area (Å²) < 4.78 is 4.01. The molecule has 0 aliphatic rings. The van der Waals surface area contributed by atoms with Gasteiger partial charge >= 0.3 is 0 Å². The van der Waals surface area contributed by atoms with Crippen molar-refractivity contribution >= 4 is 0 Å². The molecule has 5 nitrogen and oxygen atoms in total. The smallest absolute Gasteiger partial charge is 0.152 e. The standard InChI is InChI=1S/C12H19N5/c1-3-4-11(13)10-5-6-17(7-10)8-12-15-14-9-16(12)2/h5-7,9,11H,3-4,8,13H2,1-2H3. The highest BCUT2D eigenvalue weighted by atomic mass is 15.3. The van der Waals surface area contributed by atoms with Crippen LogP contribution in [0.25, 0.3) is 0 Å². The summed E-state index contributed by atoms with van der Waals surface area (Å²) in [5.74, 6) is 0.941. The van der Waals surface area contributed by atoms with Gasteiger partial charge in [0.1, 0.15) is 6.33 Å². The van der Waals surface area contributed by atoms with Gasteiger partial charge in [0.2, 0.25) is 0 Å². The lowest BCUT2D eigenvalue weighted by atomic mass is 10.1. The molecule has 0 aromatic carbocycles. The minimum absolute atomic E-state index is 0.140. The van der Waals surface area contributed by atoms with Crippen LogP contribution in [0.1, 0.15) is 37.2 Å². The number of hydrogen-bond acceptors (Lipinski definition) is 3. The summed E-state index contributed by atoms with van der Waals surface area (Å²) >= 11 is 0. The van der Waals surface area contributed by atoms with Gasteiger partial charge in [-0.2, -0.15) is 0 Å². The third-order valence-electron chi connectivity index (χ3n) is 2.93. The van der Waals surface area contributed by atoms with Crippen molar-refractivity contribution in [2.75, 3.05) is 0 Å². The Hall–Kier alpha value is -1.62. The number of hydrogen-bond donors (Lipinski definition) is 1. The van der Waals surface area contributed by atoms with E-state index in [0.29, 0.717) is 0 Å². The van der Waals surface area contributed by atoms with E-state index in [1.165, 1.54) is 5.56 Å². The Kier molecular flexibility index (Phi) is 3.58. The molecule has 2 rings (SSSR count). The number of nitrogens with two attached hydrogens (primary N) is 1. The second kappa shape index (κ2) is 5.14. The molecule has 0 amide bonds. The van der Waals surface area contributed by atoms with Crippen molar-refractivity contribution < 1.29 is 0 Å². The molecule has 0 bridgehead atoms. The van der Waals surface area contributed by atoms with Crippen molar-refractivity contribution in [3.63, 3.8) is 0 Å². The molecule has 92 valence electrons. The summed E-state index contributed by atoms with van der Waals surface area (Å²) in [6, 6.07) is 2.22. The second-order valence-electron chi connectivity index (χ2n) is 4.37. The Bertz CT molecular complexity index is 471. The Morgan fingerprint density at radius 2 is 2.29 bits per heavy atom. The summed E-state index contributed by atoms with van der Waals surface area (Å²) in [7, 11) is 1.95. The predicted molar refractivity (Wildman–Crippen MR) is 66.4 cm³/mol. The van der Waals surface area contributed by atoms with Crippen molar-refractivity contribution in [1.29, 1.82) is 0 Å². The van der Waals surface area contributed by atoms with Crippen LogP contribution in [0.15, 0.2) is 24.8 Å². The summed E-state index contributed by atoms with van der Waals surface area (Å²) in [5.41, 5.74) is 7.26. The highest BCUT2D eigenvalue weighted by Crippen LogP contribution is 2.16. The summed E-state index contributed by atoms with van der Waals surface area (Å²) in [5, 5.41) is 7.93. The Balaban J connectivity index is 2.06. The molecular formula is C12H19N5. The van der Waals surface area contributed by atoms with Gasteiger partial charge in [0.15, 0.2) is 5.82 Å². The highest BCUT2D eigenvalue weighted by Gasteiger charge is 2.07. The van der Waals surface area contributed by atoms with Gasteiger partial charge in [-0.25, -0.2) is 0 Å². The summed E-state index contributed by atoms with van der Waals surface area (Å²) in [4.78, 5) is 0. The number of rotatable bonds is 5. The molecule has 2 aromatic rings. The Morgan fingerprint density at radius 1 is 1.47 bits per heavy atom. The van der Waals surface area contributed by atoms with E-state index in [1.54, 1.807) is 6.33 Å². The minimum atomic E-state index is 0.140. The lowest BCUT2D eigenvalue weighted by Crippen LogP contribution is -2.09. The van der Waals surface area contributed by atoms with Crippen LogP contribution in [-0.2, 0) is 13.6 Å². The monoisotopic (exact) mass is 233 g/mol. The van der Waals surface area contributed by atoms with Crippen molar-refractivity contribution in [2.45, 2.75) is 32.4 Å². The maximum absolute atomic E-state index is 6.08. The first kappa shape index (κ1) is 11.9. The van der Waals surface area contributed by atoms with Crippen LogP contribution in [0, 0.1) is 0 Å². The van der Waals surface area contributed by atoms with Gasteiger partial charge in [-0.3, -0.25) is 0 Å². The van der Waals surface area contributed by atoms with Crippen molar-refractivity contribution in [3.8, 4) is 0 Å². The third kappa shape index (κ3) is 2.74. The molecule has 2 heterocycles. The maximum atomic E-state index is 6.08. The number of aromatic nitrogens is 4. The molecule has 0 aliphatic heterocycles. The molecule has 17 heavy (non-hydrogen) atoms. The lowest BCUT2D eigenvalue weighted by molar-refractivity contribution is 0.633. The van der Waals surface area contributed by atoms with E-state index in [4.69, 9.17) is 5.73 Å². The van der Waals surface area contributed by atoms with Crippen LogP contribution in [-0.4, -0.2) is 19.3 Å². The largest absolute Gasteiger partial charge is 0.346 e. The minimum Gasteiger partial charge on any atom is -0.346 e. The molecular weight excluding hydrogens is 214 g/mol. The average Bonchev–Trinajstić information content (AvgIpc) is 2.90. The normalized spacial score (nSPS) is 12.9. The highest BCUT2D eigenvalue weighted by molar-refractivity contribution is 5.15. The molecule has 0 fully saturated rings. The molecule has 1 unspecified atom stereocenters. The first-order valence-electron chi connectivity index (χ1n) is 5.95. The van der Waals surface area contributed by atoms with Crippen LogP contribution in [0.4, 0.5) is 0 Å². The van der Waals surface area contributed by atoms with Crippen LogP contribution in [0.3, 0.4) is 0 Å². The Labute approximate surface area is 101 Å². The van der Waals surface area contributed by atoms with Crippen LogP contribution in [0.5, 0.6) is 0 Å². The second-order valence-corrected chi connectivity index (χ2v) is 4.37. The van der Waals surface area contributed by atoms with Gasteiger partial charge in [0, 0.05) is 25.5 Å². The van der Waals surface area contributed by atoms with Gasteiger partial charge in [-0.05, 0) is 18.1 Å². The van der Waals surface area contributed by atoms with Gasteiger partial charge in [0.25, 0.3) is 0 Å². The topological polar surface area (TPSA) is 61.7 Å². The fraction of sp³-hybridized carbons (Fsp3) is 0.500. The van der Waals surface area contributed by atoms with E-state index in [1.807, 2.05) is 17.8 Å². The molecule has 0 saturated carbocycles. The van der Waals surface area contributed by atoms with Gasteiger partial charge in [-0.1, -0.05) is 13.3 Å². The zero-order valence-corrected chi connectivity index (χ0v) is 10.4. The molecule has 0 radical (unpaired) electrons. The van der Waals surface area contributed by atoms with E-state index >= 15 is 0 Å². The molecule has 0 saturated heterocycles. The van der Waals surface area contributed by atoms with Crippen molar-refractivity contribution in [3.05, 3.63) is 36.2 Å². The average molecular weight is 233 g/mol. The SMILES string of the molecule is CCCC(N)c1ccn(Cc2nncn2C)c1. The first-order valence-corrected chi connectivity index (χ1v) is 5.95. The zero-order chi connectivity index (χ0) is 12.3. The lowest BCUT2D eigenvalue weighted by Gasteiger charge is -2.07. The number of nitrogens with zero attached hydrogens (tertiary/aromatic N) is 4. The van der Waals surface area contributed by atoms with E-state index in [9.17, 15) is 0 Å². The van der Waals surface area contributed by atoms with Gasteiger partial charge < -0.3 is 14.9 Å². The van der Waals surface area contributed by atoms with Crippen LogP contribution < -0.4 is 5.73 Å². The fourth-order valence-corrected chi connectivity index (χ4v) is 1.87. The molecule has 2 N–H and O–H groups in total. The van der Waals surface area contributed by atoms with E-state index in [2.05, 4.69) is 34.0 Å². The molecule has 0 spiro atoms. The fourth-order valence-electron chi connectivity index (χ4n) is 1.87. The van der Waals surface area contributed by atoms with Crippen molar-refractivity contribution in [1.82, 2.24) is 19.3 Å². The Morgan fingerprint density at radius 3 is 2.94 bits per heavy atom. The van der Waals surface area contributed by atoms with E-state index < -0.39 is 0 Å². The van der Waals surface area contributed by atoms with Gasteiger partial charge in [-0.15, -0.1) is 10.2 Å². The number of aryl methyl sites for hydroxylation is 1. The zero-order valence-electron chi connectivity index (χ0n) is 10.4.